The summed E-state index contributed by atoms with van der Waals surface area (Å²) in [5, 5.41) is 3.53. The Hall–Kier alpha value is -3.07. The molecule has 202 valence electrons. The third kappa shape index (κ3) is 7.28. The highest BCUT2D eigenvalue weighted by atomic mass is 35.5. The van der Waals surface area contributed by atoms with Gasteiger partial charge in [0.15, 0.2) is 0 Å². The summed E-state index contributed by atoms with van der Waals surface area (Å²) < 4.78 is 28.6. The molecule has 3 aromatic rings. The molecule has 0 aliphatic heterocycles. The molecule has 0 aromatic heterocycles. The van der Waals surface area contributed by atoms with Crippen LogP contribution in [0.15, 0.2) is 77.7 Å². The zero-order valence-electron chi connectivity index (χ0n) is 21.7. The van der Waals surface area contributed by atoms with Gasteiger partial charge < -0.3 is 10.2 Å². The van der Waals surface area contributed by atoms with E-state index in [1.54, 1.807) is 67.6 Å². The van der Waals surface area contributed by atoms with Crippen LogP contribution >= 0.6 is 23.2 Å². The van der Waals surface area contributed by atoms with Crippen LogP contribution in [0.1, 0.15) is 31.9 Å². The number of benzene rings is 3. The Bertz CT molecular complexity index is 1380. The number of halogens is 2. The van der Waals surface area contributed by atoms with Gasteiger partial charge in [0.25, 0.3) is 10.0 Å². The molecule has 0 spiro atoms. The molecule has 0 heterocycles. The van der Waals surface area contributed by atoms with Crippen LogP contribution < -0.4 is 9.62 Å². The van der Waals surface area contributed by atoms with E-state index in [9.17, 15) is 18.0 Å². The predicted molar refractivity (Wildman–Crippen MR) is 152 cm³/mol. The van der Waals surface area contributed by atoms with Crippen molar-refractivity contribution in [2.75, 3.05) is 10.8 Å². The van der Waals surface area contributed by atoms with E-state index in [0.29, 0.717) is 5.02 Å². The third-order valence-corrected chi connectivity index (χ3v) is 8.22. The van der Waals surface area contributed by atoms with Gasteiger partial charge in [0.1, 0.15) is 12.6 Å². The molecule has 7 nitrogen and oxygen atoms in total. The summed E-state index contributed by atoms with van der Waals surface area (Å²) in [6.45, 7) is 6.62. The Labute approximate surface area is 234 Å². The summed E-state index contributed by atoms with van der Waals surface area (Å²) >= 11 is 12.4. The van der Waals surface area contributed by atoms with Crippen molar-refractivity contribution in [3.05, 3.63) is 94.0 Å². The lowest BCUT2D eigenvalue weighted by Crippen LogP contribution is -2.52. The third-order valence-electron chi connectivity index (χ3n) is 5.87. The first-order valence-electron chi connectivity index (χ1n) is 12.1. The van der Waals surface area contributed by atoms with Gasteiger partial charge in [-0.15, -0.1) is 0 Å². The van der Waals surface area contributed by atoms with Gasteiger partial charge >= 0.3 is 0 Å². The molecule has 0 bridgehead atoms. The van der Waals surface area contributed by atoms with E-state index in [-0.39, 0.29) is 34.1 Å². The van der Waals surface area contributed by atoms with Crippen molar-refractivity contribution >= 4 is 50.7 Å². The lowest BCUT2D eigenvalue weighted by molar-refractivity contribution is -0.139. The Morgan fingerprint density at radius 2 is 1.50 bits per heavy atom. The highest BCUT2D eigenvalue weighted by Crippen LogP contribution is 2.31. The average molecular weight is 577 g/mol. The number of hydrogen-bond acceptors (Lipinski definition) is 4. The summed E-state index contributed by atoms with van der Waals surface area (Å²) in [5.41, 5.74) is 1.79. The van der Waals surface area contributed by atoms with Crippen molar-refractivity contribution in [1.82, 2.24) is 10.2 Å². The number of nitrogens with one attached hydrogen (secondary N) is 1. The average Bonchev–Trinajstić information content (AvgIpc) is 2.86. The molecule has 3 aromatic carbocycles. The number of carbonyl (C=O) groups excluding carboxylic acids is 2. The fraction of sp³-hybridized carbons (Fsp3) is 0.286. The highest BCUT2D eigenvalue weighted by Gasteiger charge is 2.33. The van der Waals surface area contributed by atoms with Gasteiger partial charge in [0, 0.05) is 17.6 Å². The van der Waals surface area contributed by atoms with Gasteiger partial charge in [-0.1, -0.05) is 65.2 Å². The molecule has 0 aliphatic carbocycles. The number of rotatable bonds is 10. The number of nitrogens with zero attached hydrogens (tertiary/aromatic N) is 2. The van der Waals surface area contributed by atoms with Crippen LogP contribution in [0.4, 0.5) is 5.69 Å². The van der Waals surface area contributed by atoms with Gasteiger partial charge in [-0.25, -0.2) is 8.42 Å². The molecular weight excluding hydrogens is 545 g/mol. The van der Waals surface area contributed by atoms with E-state index in [1.807, 2.05) is 20.8 Å². The SMILES string of the molecule is Cc1ccc(S(=O)(=O)N(CC(=O)N(Cc2ccc(Cl)cc2)[C@H](C)C(=O)NC(C)C)c2ccccc2Cl)cc1. The second kappa shape index (κ2) is 12.7. The second-order valence-electron chi connectivity index (χ2n) is 9.26. The van der Waals surface area contributed by atoms with Gasteiger partial charge in [-0.3, -0.25) is 13.9 Å². The first-order chi connectivity index (χ1) is 17.9. The number of amides is 2. The summed E-state index contributed by atoms with van der Waals surface area (Å²) in [4.78, 5) is 28.1. The van der Waals surface area contributed by atoms with Gasteiger partial charge in [-0.2, -0.15) is 0 Å². The van der Waals surface area contributed by atoms with E-state index >= 15 is 0 Å². The molecule has 1 atom stereocenters. The molecule has 0 unspecified atom stereocenters. The molecule has 10 heteroatoms. The van der Waals surface area contributed by atoms with Crippen molar-refractivity contribution < 1.29 is 18.0 Å². The maximum atomic E-state index is 13.8. The molecule has 38 heavy (non-hydrogen) atoms. The Morgan fingerprint density at radius 3 is 2.08 bits per heavy atom. The van der Waals surface area contributed by atoms with Crippen LogP contribution in [0.2, 0.25) is 10.0 Å². The smallest absolute Gasteiger partial charge is 0.264 e. The molecule has 1 N–H and O–H groups in total. The largest absolute Gasteiger partial charge is 0.352 e. The molecule has 0 radical (unpaired) electrons. The maximum Gasteiger partial charge on any atom is 0.264 e. The van der Waals surface area contributed by atoms with Crippen molar-refractivity contribution in [3.63, 3.8) is 0 Å². The van der Waals surface area contributed by atoms with Gasteiger partial charge in [0.2, 0.25) is 11.8 Å². The number of hydrogen-bond donors (Lipinski definition) is 1. The molecular formula is C28H31Cl2N3O4S. The molecule has 0 aliphatic rings. The molecule has 0 fully saturated rings. The summed E-state index contributed by atoms with van der Waals surface area (Å²) in [5.74, 6) is -0.921. The number of anilines is 1. The molecule has 0 saturated heterocycles. The normalized spacial score (nSPS) is 12.2. The quantitative estimate of drug-likeness (QED) is 0.348. The van der Waals surface area contributed by atoms with Crippen molar-refractivity contribution in [1.29, 1.82) is 0 Å². The standard InChI is InChI=1S/C28H31Cl2N3O4S/c1-19(2)31-28(35)21(4)32(17-22-11-13-23(29)14-12-22)27(34)18-33(26-8-6-5-7-25(26)30)38(36,37)24-15-9-20(3)10-16-24/h5-16,19,21H,17-18H2,1-4H3,(H,31,35)/t21-/m1/s1. The van der Waals surface area contributed by atoms with Crippen molar-refractivity contribution in [3.8, 4) is 0 Å². The molecule has 3 rings (SSSR count). The van der Waals surface area contributed by atoms with Gasteiger partial charge in [-0.05, 0) is 69.7 Å². The Kier molecular flexibility index (Phi) is 9.82. The minimum absolute atomic E-state index is 0.0191. The van der Waals surface area contributed by atoms with Crippen LogP contribution in [0, 0.1) is 6.92 Å². The zero-order valence-corrected chi connectivity index (χ0v) is 24.0. The van der Waals surface area contributed by atoms with E-state index in [0.717, 1.165) is 15.4 Å². The first kappa shape index (κ1) is 29.5. The molecule has 2 amide bonds. The minimum atomic E-state index is -4.18. The monoisotopic (exact) mass is 575 g/mol. The van der Waals surface area contributed by atoms with E-state index < -0.39 is 28.5 Å². The lowest BCUT2D eigenvalue weighted by atomic mass is 10.1. The Morgan fingerprint density at radius 1 is 0.895 bits per heavy atom. The number of carbonyl (C=O) groups is 2. The minimum Gasteiger partial charge on any atom is -0.352 e. The van der Waals surface area contributed by atoms with E-state index in [4.69, 9.17) is 23.2 Å². The fourth-order valence-corrected chi connectivity index (χ4v) is 5.63. The van der Waals surface area contributed by atoms with Crippen molar-refractivity contribution in [2.24, 2.45) is 0 Å². The van der Waals surface area contributed by atoms with Crippen LogP contribution in [0.5, 0.6) is 0 Å². The zero-order chi connectivity index (χ0) is 28.0. The number of aryl methyl sites for hydroxylation is 1. The summed E-state index contributed by atoms with van der Waals surface area (Å²) in [6.07, 6.45) is 0. The lowest BCUT2D eigenvalue weighted by Gasteiger charge is -2.32. The van der Waals surface area contributed by atoms with Crippen LogP contribution in [-0.4, -0.2) is 43.8 Å². The van der Waals surface area contributed by atoms with Crippen molar-refractivity contribution in [2.45, 2.75) is 51.2 Å². The van der Waals surface area contributed by atoms with E-state index in [1.165, 1.54) is 17.0 Å². The topological polar surface area (TPSA) is 86.8 Å². The number of para-hydroxylation sites is 1. The summed E-state index contributed by atoms with van der Waals surface area (Å²) in [6, 6.07) is 18.6. The first-order valence-corrected chi connectivity index (χ1v) is 14.3. The predicted octanol–water partition coefficient (Wildman–Crippen LogP) is 5.44. The van der Waals surface area contributed by atoms with E-state index in [2.05, 4.69) is 5.32 Å². The second-order valence-corrected chi connectivity index (χ2v) is 12.0. The maximum absolute atomic E-state index is 13.8. The fourth-order valence-electron chi connectivity index (χ4n) is 3.78. The van der Waals surface area contributed by atoms with Crippen LogP contribution in [0.25, 0.3) is 0 Å². The highest BCUT2D eigenvalue weighted by molar-refractivity contribution is 7.92. The van der Waals surface area contributed by atoms with Crippen LogP contribution in [-0.2, 0) is 26.2 Å². The number of sulfonamides is 1. The molecule has 0 saturated carbocycles. The summed E-state index contributed by atoms with van der Waals surface area (Å²) in [7, 11) is -4.18. The Balaban J connectivity index is 2.04. The van der Waals surface area contributed by atoms with Gasteiger partial charge in [0.05, 0.1) is 15.6 Å². The van der Waals surface area contributed by atoms with Crippen LogP contribution in [0.3, 0.4) is 0 Å².